The van der Waals surface area contributed by atoms with Crippen molar-refractivity contribution < 1.29 is 0 Å². The number of hydrogen-bond donors (Lipinski definition) is 0. The highest BCUT2D eigenvalue weighted by Crippen LogP contribution is 2.17. The third-order valence-electron chi connectivity index (χ3n) is 2.01. The average Bonchev–Trinajstić information content (AvgIpc) is 2.04. The van der Waals surface area contributed by atoms with E-state index in [1.807, 2.05) is 6.20 Å². The summed E-state index contributed by atoms with van der Waals surface area (Å²) in [5, 5.41) is 0. The number of hydrogen-bond acceptors (Lipinski definition) is 2. The Bertz CT molecular complexity index is 233. The first kappa shape index (κ1) is 8.18. The van der Waals surface area contributed by atoms with Gasteiger partial charge in [0.2, 0.25) is 0 Å². The molecule has 0 aromatic carbocycles. The summed E-state index contributed by atoms with van der Waals surface area (Å²) in [6, 6.07) is 0. The Morgan fingerprint density at radius 2 is 2.27 bits per heavy atom. The SMILES string of the molecule is CCC(C)c1ncncc1C. The molecule has 1 atom stereocenters. The minimum atomic E-state index is 0.554. The van der Waals surface area contributed by atoms with Crippen molar-refractivity contribution >= 4 is 0 Å². The molecule has 0 aliphatic rings. The first-order chi connectivity index (χ1) is 5.25. The number of aryl methyl sites for hydroxylation is 1. The zero-order chi connectivity index (χ0) is 8.27. The third-order valence-corrected chi connectivity index (χ3v) is 2.01. The number of aromatic nitrogens is 2. The standard InChI is InChI=1S/C9H14N2/c1-4-7(2)9-8(3)5-10-6-11-9/h5-7H,4H2,1-3H3. The summed E-state index contributed by atoms with van der Waals surface area (Å²) in [5.74, 6) is 0.554. The average molecular weight is 150 g/mol. The van der Waals surface area contributed by atoms with Gasteiger partial charge in [-0.1, -0.05) is 13.8 Å². The van der Waals surface area contributed by atoms with Gasteiger partial charge in [-0.05, 0) is 24.8 Å². The van der Waals surface area contributed by atoms with Gasteiger partial charge in [0, 0.05) is 11.9 Å². The Balaban J connectivity index is 2.93. The quantitative estimate of drug-likeness (QED) is 0.646. The molecule has 11 heavy (non-hydrogen) atoms. The Morgan fingerprint density at radius 3 is 2.82 bits per heavy atom. The number of rotatable bonds is 2. The molecule has 0 radical (unpaired) electrons. The molecule has 0 fully saturated rings. The predicted molar refractivity (Wildman–Crippen MR) is 45.5 cm³/mol. The van der Waals surface area contributed by atoms with Gasteiger partial charge in [0.25, 0.3) is 0 Å². The van der Waals surface area contributed by atoms with E-state index < -0.39 is 0 Å². The van der Waals surface area contributed by atoms with Gasteiger partial charge >= 0.3 is 0 Å². The summed E-state index contributed by atoms with van der Waals surface area (Å²) in [7, 11) is 0. The van der Waals surface area contributed by atoms with Gasteiger partial charge in [-0.25, -0.2) is 9.97 Å². The summed E-state index contributed by atoms with van der Waals surface area (Å²) in [5.41, 5.74) is 2.38. The zero-order valence-corrected chi connectivity index (χ0v) is 7.33. The van der Waals surface area contributed by atoms with Crippen LogP contribution in [0.3, 0.4) is 0 Å². The van der Waals surface area contributed by atoms with Crippen LogP contribution < -0.4 is 0 Å². The Hall–Kier alpha value is -0.920. The van der Waals surface area contributed by atoms with Gasteiger partial charge < -0.3 is 0 Å². The molecule has 1 aromatic heterocycles. The summed E-state index contributed by atoms with van der Waals surface area (Å²) in [4.78, 5) is 8.19. The molecule has 0 amide bonds. The molecule has 0 aliphatic heterocycles. The second-order valence-corrected chi connectivity index (χ2v) is 2.90. The first-order valence-corrected chi connectivity index (χ1v) is 4.02. The molecular formula is C9H14N2. The molecule has 1 rings (SSSR count). The van der Waals surface area contributed by atoms with Crippen molar-refractivity contribution in [1.82, 2.24) is 9.97 Å². The van der Waals surface area contributed by atoms with Crippen LogP contribution in [0.25, 0.3) is 0 Å². The lowest BCUT2D eigenvalue weighted by Gasteiger charge is -2.08. The van der Waals surface area contributed by atoms with Crippen LogP contribution in [0.1, 0.15) is 37.4 Å². The van der Waals surface area contributed by atoms with Crippen molar-refractivity contribution in [3.8, 4) is 0 Å². The first-order valence-electron chi connectivity index (χ1n) is 4.02. The second-order valence-electron chi connectivity index (χ2n) is 2.90. The lowest BCUT2D eigenvalue weighted by Crippen LogP contribution is -1.99. The highest BCUT2D eigenvalue weighted by molar-refractivity contribution is 5.17. The minimum Gasteiger partial charge on any atom is -0.245 e. The Kier molecular flexibility index (Phi) is 2.58. The highest BCUT2D eigenvalue weighted by Gasteiger charge is 2.06. The molecule has 2 heteroatoms. The highest BCUT2D eigenvalue weighted by atomic mass is 14.8. The third kappa shape index (κ3) is 1.76. The van der Waals surface area contributed by atoms with Crippen molar-refractivity contribution in [2.24, 2.45) is 0 Å². The maximum atomic E-state index is 4.24. The largest absolute Gasteiger partial charge is 0.245 e. The minimum absolute atomic E-state index is 0.554. The fourth-order valence-electron chi connectivity index (χ4n) is 1.12. The summed E-state index contributed by atoms with van der Waals surface area (Å²) in [6.45, 7) is 6.42. The van der Waals surface area contributed by atoms with Crippen molar-refractivity contribution in [3.63, 3.8) is 0 Å². The maximum Gasteiger partial charge on any atom is 0.115 e. The Morgan fingerprint density at radius 1 is 1.55 bits per heavy atom. The maximum absolute atomic E-state index is 4.24. The van der Waals surface area contributed by atoms with Crippen molar-refractivity contribution in [1.29, 1.82) is 0 Å². The normalized spacial score (nSPS) is 13.0. The van der Waals surface area contributed by atoms with Crippen LogP contribution in [0.5, 0.6) is 0 Å². The van der Waals surface area contributed by atoms with E-state index in [9.17, 15) is 0 Å². The predicted octanol–water partition coefficient (Wildman–Crippen LogP) is 2.30. The summed E-state index contributed by atoms with van der Waals surface area (Å²) in [6.07, 6.45) is 4.63. The van der Waals surface area contributed by atoms with E-state index in [4.69, 9.17) is 0 Å². The van der Waals surface area contributed by atoms with Gasteiger partial charge in [0.1, 0.15) is 6.33 Å². The van der Waals surface area contributed by atoms with Crippen LogP contribution in [0.4, 0.5) is 0 Å². The molecule has 0 N–H and O–H groups in total. The monoisotopic (exact) mass is 150 g/mol. The van der Waals surface area contributed by atoms with Crippen molar-refractivity contribution in [2.45, 2.75) is 33.1 Å². The van der Waals surface area contributed by atoms with Gasteiger partial charge in [0.05, 0.1) is 0 Å². The van der Waals surface area contributed by atoms with Crippen molar-refractivity contribution in [2.75, 3.05) is 0 Å². The molecule has 0 bridgehead atoms. The second kappa shape index (κ2) is 3.46. The van der Waals surface area contributed by atoms with Gasteiger partial charge in [-0.3, -0.25) is 0 Å². The van der Waals surface area contributed by atoms with Crippen LogP contribution in [0, 0.1) is 6.92 Å². The topological polar surface area (TPSA) is 25.8 Å². The summed E-state index contributed by atoms with van der Waals surface area (Å²) >= 11 is 0. The smallest absolute Gasteiger partial charge is 0.115 e. The van der Waals surface area contributed by atoms with E-state index in [0.29, 0.717) is 5.92 Å². The summed E-state index contributed by atoms with van der Waals surface area (Å²) < 4.78 is 0. The van der Waals surface area contributed by atoms with E-state index in [0.717, 1.165) is 6.42 Å². The molecule has 2 nitrogen and oxygen atoms in total. The van der Waals surface area contributed by atoms with Gasteiger partial charge in [0.15, 0.2) is 0 Å². The van der Waals surface area contributed by atoms with E-state index in [1.54, 1.807) is 6.33 Å². The molecule has 1 heterocycles. The van der Waals surface area contributed by atoms with Crippen molar-refractivity contribution in [3.05, 3.63) is 23.8 Å². The van der Waals surface area contributed by atoms with Gasteiger partial charge in [-0.15, -0.1) is 0 Å². The lowest BCUT2D eigenvalue weighted by molar-refractivity contribution is 0.697. The van der Waals surface area contributed by atoms with E-state index in [2.05, 4.69) is 30.7 Å². The van der Waals surface area contributed by atoms with Crippen LogP contribution in [-0.2, 0) is 0 Å². The molecule has 0 saturated carbocycles. The molecule has 60 valence electrons. The lowest BCUT2D eigenvalue weighted by atomic mass is 10.0. The fourth-order valence-corrected chi connectivity index (χ4v) is 1.12. The number of nitrogens with zero attached hydrogens (tertiary/aromatic N) is 2. The van der Waals surface area contributed by atoms with Crippen LogP contribution >= 0.6 is 0 Å². The molecular weight excluding hydrogens is 136 g/mol. The van der Waals surface area contributed by atoms with E-state index in [1.165, 1.54) is 11.3 Å². The Labute approximate surface area is 67.7 Å². The zero-order valence-electron chi connectivity index (χ0n) is 7.33. The van der Waals surface area contributed by atoms with Crippen LogP contribution in [0.2, 0.25) is 0 Å². The van der Waals surface area contributed by atoms with E-state index in [-0.39, 0.29) is 0 Å². The molecule has 1 aromatic rings. The van der Waals surface area contributed by atoms with Crippen LogP contribution in [-0.4, -0.2) is 9.97 Å². The molecule has 0 aliphatic carbocycles. The molecule has 0 spiro atoms. The van der Waals surface area contributed by atoms with Gasteiger partial charge in [-0.2, -0.15) is 0 Å². The van der Waals surface area contributed by atoms with Crippen LogP contribution in [0.15, 0.2) is 12.5 Å². The fraction of sp³-hybridized carbons (Fsp3) is 0.556. The van der Waals surface area contributed by atoms with E-state index >= 15 is 0 Å². The molecule has 1 unspecified atom stereocenters. The molecule has 0 saturated heterocycles.